The number of aromatic hydroxyl groups is 1. The summed E-state index contributed by atoms with van der Waals surface area (Å²) in [5.74, 6) is 0.239. The van der Waals surface area contributed by atoms with Gasteiger partial charge in [0, 0.05) is 29.6 Å². The van der Waals surface area contributed by atoms with Crippen molar-refractivity contribution in [2.24, 2.45) is 0 Å². The Balaban J connectivity index is 1.49. The van der Waals surface area contributed by atoms with E-state index in [0.717, 1.165) is 22.0 Å². The number of hydrogen-bond donors (Lipinski definition) is 3. The van der Waals surface area contributed by atoms with Gasteiger partial charge in [0.25, 0.3) is 0 Å². The van der Waals surface area contributed by atoms with Crippen LogP contribution in [0.5, 0.6) is 5.75 Å². The Morgan fingerprint density at radius 2 is 1.83 bits per heavy atom. The average molecular weight is 339 g/mol. The first-order valence-corrected chi connectivity index (χ1v) is 8.42. The third-order valence-electron chi connectivity index (χ3n) is 3.37. The molecule has 2 aromatic carbocycles. The lowest BCUT2D eigenvalue weighted by Crippen LogP contribution is -2.30. The van der Waals surface area contributed by atoms with Crippen LogP contribution in [-0.4, -0.2) is 22.7 Å². The van der Waals surface area contributed by atoms with Crippen molar-refractivity contribution < 1.29 is 9.90 Å². The molecule has 0 fully saturated rings. The molecule has 0 atom stereocenters. The van der Waals surface area contributed by atoms with Gasteiger partial charge in [0.2, 0.25) is 0 Å². The van der Waals surface area contributed by atoms with Crippen LogP contribution in [0.15, 0.2) is 60.0 Å². The highest BCUT2D eigenvalue weighted by Gasteiger charge is 2.06. The van der Waals surface area contributed by atoms with Crippen molar-refractivity contribution in [3.05, 3.63) is 65.0 Å². The van der Waals surface area contributed by atoms with E-state index in [1.54, 1.807) is 23.5 Å². The second kappa shape index (κ2) is 7.61. The molecule has 0 aliphatic heterocycles. The molecular formula is C18H17N3O2S. The number of urea groups is 1. The van der Waals surface area contributed by atoms with Gasteiger partial charge in [0.15, 0.2) is 0 Å². The lowest BCUT2D eigenvalue weighted by molar-refractivity contribution is 0.252. The summed E-state index contributed by atoms with van der Waals surface area (Å²) < 4.78 is 0. The topological polar surface area (TPSA) is 74.2 Å². The van der Waals surface area contributed by atoms with Crippen molar-refractivity contribution in [2.75, 3.05) is 11.9 Å². The Morgan fingerprint density at radius 3 is 2.58 bits per heavy atom. The molecule has 1 aromatic heterocycles. The van der Waals surface area contributed by atoms with E-state index in [1.807, 2.05) is 47.8 Å². The number of anilines is 1. The van der Waals surface area contributed by atoms with Crippen LogP contribution in [0.2, 0.25) is 0 Å². The molecule has 0 spiro atoms. The van der Waals surface area contributed by atoms with Crippen LogP contribution >= 0.6 is 11.3 Å². The van der Waals surface area contributed by atoms with Crippen molar-refractivity contribution in [1.82, 2.24) is 10.3 Å². The molecule has 122 valence electrons. The van der Waals surface area contributed by atoms with Crippen LogP contribution in [0.3, 0.4) is 0 Å². The highest BCUT2D eigenvalue weighted by Crippen LogP contribution is 2.23. The summed E-state index contributed by atoms with van der Waals surface area (Å²) in [7, 11) is 0. The molecule has 3 N–H and O–H groups in total. The van der Waals surface area contributed by atoms with Crippen molar-refractivity contribution >= 4 is 23.1 Å². The number of amides is 2. The van der Waals surface area contributed by atoms with Crippen LogP contribution < -0.4 is 10.6 Å². The molecule has 0 bridgehead atoms. The number of hydrogen-bond acceptors (Lipinski definition) is 4. The Kier molecular flexibility index (Phi) is 5.08. The van der Waals surface area contributed by atoms with Crippen molar-refractivity contribution in [1.29, 1.82) is 0 Å². The van der Waals surface area contributed by atoms with Crippen LogP contribution in [0.4, 0.5) is 10.5 Å². The van der Waals surface area contributed by atoms with Crippen LogP contribution in [0.1, 0.15) is 5.01 Å². The third kappa shape index (κ3) is 4.33. The molecular weight excluding hydrogens is 322 g/mol. The van der Waals surface area contributed by atoms with Gasteiger partial charge < -0.3 is 15.7 Å². The maximum absolute atomic E-state index is 11.8. The first kappa shape index (κ1) is 16.0. The smallest absolute Gasteiger partial charge is 0.319 e. The van der Waals surface area contributed by atoms with Crippen LogP contribution in [0, 0.1) is 0 Å². The number of para-hydroxylation sites is 1. The van der Waals surface area contributed by atoms with Gasteiger partial charge in [0.05, 0.1) is 10.7 Å². The standard InChI is InChI=1S/C18H17N3O2S/c22-15-8-6-13(7-9-15)16-12-24-17(21-16)10-11-19-18(23)20-14-4-2-1-3-5-14/h1-9,12,22H,10-11H2,(H2,19,20,23). The Hall–Kier alpha value is -2.86. The largest absolute Gasteiger partial charge is 0.508 e. The summed E-state index contributed by atoms with van der Waals surface area (Å²) in [6.45, 7) is 0.515. The van der Waals surface area contributed by atoms with Gasteiger partial charge >= 0.3 is 6.03 Å². The maximum atomic E-state index is 11.8. The number of rotatable bonds is 5. The summed E-state index contributed by atoms with van der Waals surface area (Å²) in [5, 5.41) is 17.8. The van der Waals surface area contributed by atoms with Gasteiger partial charge in [-0.2, -0.15) is 0 Å². The molecule has 0 unspecified atom stereocenters. The number of aromatic nitrogens is 1. The highest BCUT2D eigenvalue weighted by molar-refractivity contribution is 7.09. The van der Waals surface area contributed by atoms with E-state index in [0.29, 0.717) is 13.0 Å². The zero-order valence-corrected chi connectivity index (χ0v) is 13.7. The molecule has 0 saturated heterocycles. The van der Waals surface area contributed by atoms with E-state index in [9.17, 15) is 9.90 Å². The van der Waals surface area contributed by atoms with Gasteiger partial charge in [-0.15, -0.1) is 11.3 Å². The first-order chi connectivity index (χ1) is 11.7. The lowest BCUT2D eigenvalue weighted by Gasteiger charge is -2.06. The molecule has 3 aromatic rings. The monoisotopic (exact) mass is 339 g/mol. The summed E-state index contributed by atoms with van der Waals surface area (Å²) in [4.78, 5) is 16.4. The Bertz CT molecular complexity index is 801. The minimum Gasteiger partial charge on any atom is -0.508 e. The number of carbonyl (C=O) groups excluding carboxylic acids is 1. The molecule has 24 heavy (non-hydrogen) atoms. The minimum absolute atomic E-state index is 0.225. The van der Waals surface area contributed by atoms with Crippen molar-refractivity contribution in [3.8, 4) is 17.0 Å². The number of phenolic OH excluding ortho intramolecular Hbond substituents is 1. The molecule has 0 radical (unpaired) electrons. The van der Waals surface area contributed by atoms with E-state index in [4.69, 9.17) is 0 Å². The van der Waals surface area contributed by atoms with E-state index in [-0.39, 0.29) is 11.8 Å². The molecule has 5 nitrogen and oxygen atoms in total. The van der Waals surface area contributed by atoms with Gasteiger partial charge in [0.1, 0.15) is 5.75 Å². The fraction of sp³-hybridized carbons (Fsp3) is 0.111. The van der Waals surface area contributed by atoms with Gasteiger partial charge in [-0.05, 0) is 36.4 Å². The van der Waals surface area contributed by atoms with E-state index in [2.05, 4.69) is 15.6 Å². The SMILES string of the molecule is O=C(NCCc1nc(-c2ccc(O)cc2)cs1)Nc1ccccc1. The molecule has 0 saturated carbocycles. The normalized spacial score (nSPS) is 10.3. The first-order valence-electron chi connectivity index (χ1n) is 7.54. The molecule has 3 rings (SSSR count). The number of benzene rings is 2. The minimum atomic E-state index is -0.225. The number of thiazole rings is 1. The summed E-state index contributed by atoms with van der Waals surface area (Å²) in [5.41, 5.74) is 2.60. The fourth-order valence-corrected chi connectivity index (χ4v) is 2.98. The summed E-state index contributed by atoms with van der Waals surface area (Å²) in [6, 6.07) is 16.0. The highest BCUT2D eigenvalue weighted by atomic mass is 32.1. The average Bonchev–Trinajstić information content (AvgIpc) is 3.05. The number of phenols is 1. The third-order valence-corrected chi connectivity index (χ3v) is 4.28. The quantitative estimate of drug-likeness (QED) is 0.660. The van der Waals surface area contributed by atoms with E-state index >= 15 is 0 Å². The predicted octanol–water partition coefficient (Wildman–Crippen LogP) is 3.88. The second-order valence-corrected chi connectivity index (χ2v) is 6.11. The lowest BCUT2D eigenvalue weighted by atomic mass is 10.2. The fourth-order valence-electron chi connectivity index (χ4n) is 2.17. The van der Waals surface area contributed by atoms with Gasteiger partial charge in [-0.25, -0.2) is 9.78 Å². The van der Waals surface area contributed by atoms with Crippen molar-refractivity contribution in [3.63, 3.8) is 0 Å². The molecule has 0 aliphatic rings. The van der Waals surface area contributed by atoms with Crippen LogP contribution in [-0.2, 0) is 6.42 Å². The molecule has 2 amide bonds. The second-order valence-electron chi connectivity index (χ2n) is 5.17. The molecule has 0 aliphatic carbocycles. The zero-order chi connectivity index (χ0) is 16.8. The molecule has 1 heterocycles. The van der Waals surface area contributed by atoms with E-state index in [1.165, 1.54) is 0 Å². The summed E-state index contributed by atoms with van der Waals surface area (Å²) in [6.07, 6.45) is 0.672. The molecule has 6 heteroatoms. The number of carbonyl (C=O) groups is 1. The predicted molar refractivity (Wildman–Crippen MR) is 96.4 cm³/mol. The van der Waals surface area contributed by atoms with Crippen LogP contribution in [0.25, 0.3) is 11.3 Å². The van der Waals surface area contributed by atoms with Gasteiger partial charge in [-0.1, -0.05) is 18.2 Å². The van der Waals surface area contributed by atoms with E-state index < -0.39 is 0 Å². The Labute approximate surface area is 144 Å². The summed E-state index contributed by atoms with van der Waals surface area (Å²) >= 11 is 1.56. The zero-order valence-electron chi connectivity index (χ0n) is 12.9. The maximum Gasteiger partial charge on any atom is 0.319 e. The number of nitrogens with one attached hydrogen (secondary N) is 2. The van der Waals surface area contributed by atoms with Crippen molar-refractivity contribution in [2.45, 2.75) is 6.42 Å². The Morgan fingerprint density at radius 1 is 1.08 bits per heavy atom. The van der Waals surface area contributed by atoms with Gasteiger partial charge in [-0.3, -0.25) is 0 Å². The number of nitrogens with zero attached hydrogens (tertiary/aromatic N) is 1.